The van der Waals surface area contributed by atoms with E-state index in [4.69, 9.17) is 0 Å². The number of hydrogen-bond acceptors (Lipinski definition) is 4. The van der Waals surface area contributed by atoms with Gasteiger partial charge in [0.05, 0.1) is 16.6 Å². The van der Waals surface area contributed by atoms with Crippen LogP contribution in [0.4, 0.5) is 24.5 Å². The van der Waals surface area contributed by atoms with E-state index in [1.54, 1.807) is 0 Å². The zero-order valence-electron chi connectivity index (χ0n) is 11.1. The first-order chi connectivity index (χ1) is 9.77. The van der Waals surface area contributed by atoms with Crippen LogP contribution in [-0.4, -0.2) is 22.7 Å². The van der Waals surface area contributed by atoms with Crippen LogP contribution in [0.25, 0.3) is 0 Å². The molecule has 1 aromatic carbocycles. The van der Waals surface area contributed by atoms with Gasteiger partial charge in [-0.05, 0) is 31.2 Å². The summed E-state index contributed by atoms with van der Waals surface area (Å²) in [7, 11) is 0. The van der Waals surface area contributed by atoms with E-state index in [0.717, 1.165) is 18.6 Å². The number of alkyl halides is 3. The molecule has 2 atom stereocenters. The van der Waals surface area contributed by atoms with Gasteiger partial charge in [-0.25, -0.2) is 0 Å². The van der Waals surface area contributed by atoms with Crippen molar-refractivity contribution in [1.29, 1.82) is 0 Å². The topological polar surface area (TPSA) is 75.4 Å². The third-order valence-corrected chi connectivity index (χ3v) is 3.61. The van der Waals surface area contributed by atoms with Gasteiger partial charge in [0, 0.05) is 24.4 Å². The van der Waals surface area contributed by atoms with E-state index < -0.39 is 28.5 Å². The number of rotatable bonds is 4. The first-order valence-electron chi connectivity index (χ1n) is 6.55. The monoisotopic (exact) mass is 304 g/mol. The summed E-state index contributed by atoms with van der Waals surface area (Å²) >= 11 is 0. The highest BCUT2D eigenvalue weighted by Gasteiger charge is 2.35. The lowest BCUT2D eigenvalue weighted by Gasteiger charge is -2.16. The molecule has 0 heterocycles. The molecule has 0 radical (unpaired) electrons. The van der Waals surface area contributed by atoms with Gasteiger partial charge < -0.3 is 10.4 Å². The molecule has 5 nitrogen and oxygen atoms in total. The van der Waals surface area contributed by atoms with Crippen molar-refractivity contribution < 1.29 is 23.2 Å². The quantitative estimate of drug-likeness (QED) is 0.661. The van der Waals surface area contributed by atoms with Crippen LogP contribution in [0.1, 0.15) is 24.8 Å². The molecule has 1 fully saturated rings. The number of benzene rings is 1. The minimum Gasteiger partial charge on any atom is -0.393 e. The molecule has 2 N–H and O–H groups in total. The van der Waals surface area contributed by atoms with Crippen molar-refractivity contribution in [2.45, 2.75) is 31.5 Å². The van der Waals surface area contributed by atoms with Crippen LogP contribution >= 0.6 is 0 Å². The van der Waals surface area contributed by atoms with E-state index in [9.17, 15) is 28.4 Å². The van der Waals surface area contributed by atoms with Crippen LogP contribution in [0.5, 0.6) is 0 Å². The van der Waals surface area contributed by atoms with E-state index >= 15 is 0 Å². The summed E-state index contributed by atoms with van der Waals surface area (Å²) in [5.74, 6) is 0.108. The van der Waals surface area contributed by atoms with Gasteiger partial charge in [0.25, 0.3) is 5.69 Å². The highest BCUT2D eigenvalue weighted by atomic mass is 19.4. The van der Waals surface area contributed by atoms with Crippen molar-refractivity contribution in [2.24, 2.45) is 5.92 Å². The smallest absolute Gasteiger partial charge is 0.393 e. The Balaban J connectivity index is 2.16. The number of nitro benzene ring substituents is 1. The minimum atomic E-state index is -4.66. The molecule has 2 unspecified atom stereocenters. The number of aliphatic hydroxyl groups excluding tert-OH is 1. The molecule has 8 heteroatoms. The van der Waals surface area contributed by atoms with Crippen molar-refractivity contribution in [1.82, 2.24) is 0 Å². The number of non-ortho nitro benzene ring substituents is 1. The molecular weight excluding hydrogens is 289 g/mol. The third kappa shape index (κ3) is 3.84. The first kappa shape index (κ1) is 15.6. The summed E-state index contributed by atoms with van der Waals surface area (Å²) in [5.41, 5.74) is -1.81. The SMILES string of the molecule is O=[N+]([O-])c1ccc(NCC2CCC(O)C2)c(C(F)(F)F)c1. The fourth-order valence-corrected chi connectivity index (χ4v) is 2.52. The Morgan fingerprint density at radius 2 is 2.10 bits per heavy atom. The van der Waals surface area contributed by atoms with Crippen molar-refractivity contribution in [3.8, 4) is 0 Å². The number of nitro groups is 1. The van der Waals surface area contributed by atoms with Crippen molar-refractivity contribution in [2.75, 3.05) is 11.9 Å². The Bertz CT molecular complexity index is 534. The number of anilines is 1. The molecule has 0 aromatic heterocycles. The molecular formula is C13H15F3N2O3. The lowest BCUT2D eigenvalue weighted by molar-refractivity contribution is -0.385. The molecule has 0 bridgehead atoms. The predicted molar refractivity (Wildman–Crippen MR) is 69.9 cm³/mol. The second-order valence-corrected chi connectivity index (χ2v) is 5.20. The Kier molecular flexibility index (Phi) is 4.36. The zero-order valence-corrected chi connectivity index (χ0v) is 11.1. The highest BCUT2D eigenvalue weighted by Crippen LogP contribution is 2.37. The highest BCUT2D eigenvalue weighted by molar-refractivity contribution is 5.57. The number of nitrogens with one attached hydrogen (secondary N) is 1. The maximum Gasteiger partial charge on any atom is 0.418 e. The standard InChI is InChI=1S/C13H15F3N2O3/c14-13(15,16)11-6-9(18(20)21)2-4-12(11)17-7-8-1-3-10(19)5-8/h2,4,6,8,10,17,19H,1,3,5,7H2. The summed E-state index contributed by atoms with van der Waals surface area (Å²) in [4.78, 5) is 9.73. The number of hydrogen-bond donors (Lipinski definition) is 2. The fourth-order valence-electron chi connectivity index (χ4n) is 2.52. The minimum absolute atomic E-state index is 0.108. The molecule has 21 heavy (non-hydrogen) atoms. The molecule has 0 amide bonds. The van der Waals surface area contributed by atoms with Crippen LogP contribution < -0.4 is 5.32 Å². The van der Waals surface area contributed by atoms with Gasteiger partial charge in [-0.3, -0.25) is 10.1 Å². The van der Waals surface area contributed by atoms with E-state index in [-0.39, 0.29) is 11.6 Å². The lowest BCUT2D eigenvalue weighted by atomic mass is 10.1. The van der Waals surface area contributed by atoms with Crippen molar-refractivity contribution in [3.05, 3.63) is 33.9 Å². The molecule has 0 aliphatic heterocycles. The predicted octanol–water partition coefficient (Wildman–Crippen LogP) is 3.19. The van der Waals surface area contributed by atoms with Crippen LogP contribution in [0.2, 0.25) is 0 Å². The summed E-state index contributed by atoms with van der Waals surface area (Å²) in [6.07, 6.45) is -3.10. The average Bonchev–Trinajstić information content (AvgIpc) is 2.81. The van der Waals surface area contributed by atoms with Gasteiger partial charge in [0.2, 0.25) is 0 Å². The summed E-state index contributed by atoms with van der Waals surface area (Å²) < 4.78 is 38.9. The van der Waals surface area contributed by atoms with E-state index in [0.29, 0.717) is 25.5 Å². The number of nitrogens with zero attached hydrogens (tertiary/aromatic N) is 1. The largest absolute Gasteiger partial charge is 0.418 e. The molecule has 0 saturated heterocycles. The van der Waals surface area contributed by atoms with Gasteiger partial charge in [0.15, 0.2) is 0 Å². The van der Waals surface area contributed by atoms with E-state index in [2.05, 4.69) is 5.32 Å². The number of aliphatic hydroxyl groups is 1. The first-order valence-corrected chi connectivity index (χ1v) is 6.55. The summed E-state index contributed by atoms with van der Waals surface area (Å²) in [5, 5.41) is 22.7. The van der Waals surface area contributed by atoms with E-state index in [1.807, 2.05) is 0 Å². The number of halogens is 3. The van der Waals surface area contributed by atoms with E-state index in [1.165, 1.54) is 0 Å². The van der Waals surface area contributed by atoms with Crippen molar-refractivity contribution >= 4 is 11.4 Å². The molecule has 2 rings (SSSR count). The Morgan fingerprint density at radius 3 is 2.62 bits per heavy atom. The van der Waals surface area contributed by atoms with Crippen LogP contribution in [-0.2, 0) is 6.18 Å². The van der Waals surface area contributed by atoms with Crippen LogP contribution in [0.3, 0.4) is 0 Å². The maximum absolute atomic E-state index is 13.0. The molecule has 116 valence electrons. The van der Waals surface area contributed by atoms with Gasteiger partial charge >= 0.3 is 6.18 Å². The molecule has 0 spiro atoms. The van der Waals surface area contributed by atoms with Gasteiger partial charge in [-0.2, -0.15) is 13.2 Å². The van der Waals surface area contributed by atoms with Crippen LogP contribution in [0, 0.1) is 16.0 Å². The fraction of sp³-hybridized carbons (Fsp3) is 0.538. The third-order valence-electron chi connectivity index (χ3n) is 3.61. The second-order valence-electron chi connectivity index (χ2n) is 5.20. The summed E-state index contributed by atoms with van der Waals surface area (Å²) in [6.45, 7) is 0.304. The molecule has 1 saturated carbocycles. The Hall–Kier alpha value is -1.83. The normalized spacial score (nSPS) is 22.3. The summed E-state index contributed by atoms with van der Waals surface area (Å²) in [6, 6.07) is 2.65. The van der Waals surface area contributed by atoms with Gasteiger partial charge in [-0.1, -0.05) is 0 Å². The Labute approximate surface area is 118 Å². The maximum atomic E-state index is 13.0. The van der Waals surface area contributed by atoms with Gasteiger partial charge in [0.1, 0.15) is 0 Å². The lowest BCUT2D eigenvalue weighted by Crippen LogP contribution is -2.16. The zero-order chi connectivity index (χ0) is 15.6. The average molecular weight is 304 g/mol. The Morgan fingerprint density at radius 1 is 1.38 bits per heavy atom. The van der Waals surface area contributed by atoms with Crippen molar-refractivity contribution in [3.63, 3.8) is 0 Å². The molecule has 1 aliphatic carbocycles. The van der Waals surface area contributed by atoms with Gasteiger partial charge in [-0.15, -0.1) is 0 Å². The van der Waals surface area contributed by atoms with Crippen LogP contribution in [0.15, 0.2) is 18.2 Å². The molecule has 1 aliphatic rings. The second kappa shape index (κ2) is 5.88. The molecule has 1 aromatic rings.